The average molecular weight is 336 g/mol. The Morgan fingerprint density at radius 3 is 2.24 bits per heavy atom. The van der Waals surface area contributed by atoms with Gasteiger partial charge in [0.15, 0.2) is 0 Å². The van der Waals surface area contributed by atoms with Crippen molar-refractivity contribution in [3.05, 3.63) is 64.7 Å². The van der Waals surface area contributed by atoms with Gasteiger partial charge in [-0.1, -0.05) is 31.0 Å². The van der Waals surface area contributed by atoms with Crippen molar-refractivity contribution < 1.29 is 4.79 Å². The number of likely N-dealkylation sites (tertiary alicyclic amines) is 1. The third kappa shape index (κ3) is 4.93. The molecule has 3 heteroatoms. The van der Waals surface area contributed by atoms with E-state index in [4.69, 9.17) is 0 Å². The molecular formula is C22H28N2O. The van der Waals surface area contributed by atoms with Crippen LogP contribution in [0.3, 0.4) is 0 Å². The predicted molar refractivity (Wildman–Crippen MR) is 104 cm³/mol. The van der Waals surface area contributed by atoms with E-state index in [9.17, 15) is 4.79 Å². The number of carbonyl (C=O) groups is 1. The fourth-order valence-corrected chi connectivity index (χ4v) is 3.34. The highest BCUT2D eigenvalue weighted by Crippen LogP contribution is 2.17. The van der Waals surface area contributed by atoms with E-state index in [1.807, 2.05) is 30.3 Å². The Bertz CT molecular complexity index is 713. The molecule has 0 unspecified atom stereocenters. The third-order valence-electron chi connectivity index (χ3n) is 5.09. The van der Waals surface area contributed by atoms with Gasteiger partial charge in [0.05, 0.1) is 0 Å². The van der Waals surface area contributed by atoms with Crippen molar-refractivity contribution in [3.8, 4) is 0 Å². The maximum Gasteiger partial charge on any atom is 0.255 e. The lowest BCUT2D eigenvalue weighted by atomic mass is 10.1. The Hall–Kier alpha value is -2.13. The molecule has 25 heavy (non-hydrogen) atoms. The van der Waals surface area contributed by atoms with Crippen LogP contribution in [0, 0.1) is 13.8 Å². The number of aryl methyl sites for hydroxylation is 2. The van der Waals surface area contributed by atoms with Gasteiger partial charge in [-0.05, 0) is 80.7 Å². The van der Waals surface area contributed by atoms with E-state index in [2.05, 4.69) is 36.2 Å². The minimum Gasteiger partial charge on any atom is -0.322 e. The van der Waals surface area contributed by atoms with E-state index in [0.717, 1.165) is 12.2 Å². The number of carbonyl (C=O) groups excluding carboxylic acids is 1. The third-order valence-corrected chi connectivity index (χ3v) is 5.09. The smallest absolute Gasteiger partial charge is 0.255 e. The Balaban J connectivity index is 1.60. The van der Waals surface area contributed by atoms with Crippen molar-refractivity contribution in [2.75, 3.05) is 18.4 Å². The lowest BCUT2D eigenvalue weighted by Gasteiger charge is -2.19. The van der Waals surface area contributed by atoms with E-state index in [-0.39, 0.29) is 5.91 Å². The van der Waals surface area contributed by atoms with Crippen molar-refractivity contribution in [1.29, 1.82) is 0 Å². The molecule has 0 spiro atoms. The molecule has 1 saturated heterocycles. The maximum absolute atomic E-state index is 12.4. The van der Waals surface area contributed by atoms with Crippen LogP contribution in [0.5, 0.6) is 0 Å². The molecule has 3 nitrogen and oxygen atoms in total. The number of nitrogens with one attached hydrogen (secondary N) is 1. The fraction of sp³-hybridized carbons (Fsp3) is 0.409. The summed E-state index contributed by atoms with van der Waals surface area (Å²) in [5, 5.41) is 2.99. The topological polar surface area (TPSA) is 32.3 Å². The molecule has 3 rings (SSSR count). The number of nitrogens with zero attached hydrogens (tertiary/aromatic N) is 1. The SMILES string of the molecule is Cc1ccc(NC(=O)c2ccc(CN3CCCCCC3)cc2)cc1C. The zero-order chi connectivity index (χ0) is 17.6. The molecule has 1 aliphatic rings. The van der Waals surface area contributed by atoms with Gasteiger partial charge in [-0.2, -0.15) is 0 Å². The molecule has 0 aliphatic carbocycles. The summed E-state index contributed by atoms with van der Waals surface area (Å²) < 4.78 is 0. The summed E-state index contributed by atoms with van der Waals surface area (Å²) in [5.74, 6) is -0.0513. The monoisotopic (exact) mass is 336 g/mol. The van der Waals surface area contributed by atoms with Crippen LogP contribution < -0.4 is 5.32 Å². The lowest BCUT2D eigenvalue weighted by molar-refractivity contribution is 0.102. The summed E-state index contributed by atoms with van der Waals surface area (Å²) >= 11 is 0. The first-order valence-corrected chi connectivity index (χ1v) is 9.32. The van der Waals surface area contributed by atoms with Gasteiger partial charge in [-0.25, -0.2) is 0 Å². The number of amides is 1. The number of rotatable bonds is 4. The summed E-state index contributed by atoms with van der Waals surface area (Å²) in [7, 11) is 0. The number of hydrogen-bond acceptors (Lipinski definition) is 2. The van der Waals surface area contributed by atoms with Crippen LogP contribution in [0.4, 0.5) is 5.69 Å². The van der Waals surface area contributed by atoms with Crippen molar-refractivity contribution >= 4 is 11.6 Å². The van der Waals surface area contributed by atoms with Gasteiger partial charge in [0.1, 0.15) is 0 Å². The molecule has 2 aromatic rings. The second kappa shape index (κ2) is 8.30. The lowest BCUT2D eigenvalue weighted by Crippen LogP contribution is -2.24. The molecule has 2 aromatic carbocycles. The van der Waals surface area contributed by atoms with Crippen LogP contribution in [0.15, 0.2) is 42.5 Å². The highest BCUT2D eigenvalue weighted by Gasteiger charge is 2.11. The molecular weight excluding hydrogens is 308 g/mol. The maximum atomic E-state index is 12.4. The molecule has 0 atom stereocenters. The molecule has 0 bridgehead atoms. The van der Waals surface area contributed by atoms with Crippen LogP contribution in [-0.2, 0) is 6.54 Å². The zero-order valence-corrected chi connectivity index (χ0v) is 15.3. The molecule has 1 N–H and O–H groups in total. The fourth-order valence-electron chi connectivity index (χ4n) is 3.34. The van der Waals surface area contributed by atoms with Crippen LogP contribution in [-0.4, -0.2) is 23.9 Å². The number of anilines is 1. The van der Waals surface area contributed by atoms with Gasteiger partial charge >= 0.3 is 0 Å². The van der Waals surface area contributed by atoms with Gasteiger partial charge in [-0.3, -0.25) is 9.69 Å². The van der Waals surface area contributed by atoms with Gasteiger partial charge < -0.3 is 5.32 Å². The minimum absolute atomic E-state index is 0.0513. The Labute approximate surface area is 151 Å². The zero-order valence-electron chi connectivity index (χ0n) is 15.3. The quantitative estimate of drug-likeness (QED) is 0.858. The number of hydrogen-bond donors (Lipinski definition) is 1. The Morgan fingerprint density at radius 2 is 1.60 bits per heavy atom. The first-order valence-electron chi connectivity index (χ1n) is 9.32. The first-order chi connectivity index (χ1) is 12.1. The van der Waals surface area contributed by atoms with E-state index in [1.54, 1.807) is 0 Å². The normalized spacial score (nSPS) is 15.6. The van der Waals surface area contributed by atoms with Gasteiger partial charge in [0.2, 0.25) is 0 Å². The summed E-state index contributed by atoms with van der Waals surface area (Å²) in [5.41, 5.74) is 5.26. The Kier molecular flexibility index (Phi) is 5.87. The molecule has 0 aromatic heterocycles. The molecule has 132 valence electrons. The van der Waals surface area contributed by atoms with Gasteiger partial charge in [0, 0.05) is 17.8 Å². The highest BCUT2D eigenvalue weighted by atomic mass is 16.1. The summed E-state index contributed by atoms with van der Waals surface area (Å²) in [6, 6.07) is 14.0. The first kappa shape index (κ1) is 17.7. The van der Waals surface area contributed by atoms with E-state index < -0.39 is 0 Å². The molecule has 1 amide bonds. The highest BCUT2D eigenvalue weighted by molar-refractivity contribution is 6.04. The van der Waals surface area contributed by atoms with E-state index in [1.165, 1.54) is 55.5 Å². The standard InChI is InChI=1S/C22H28N2O/c1-17-7-12-21(15-18(17)2)23-22(25)20-10-8-19(9-11-20)16-24-13-5-3-4-6-14-24/h7-12,15H,3-6,13-14,16H2,1-2H3,(H,23,25). The van der Waals surface area contributed by atoms with Crippen molar-refractivity contribution in [3.63, 3.8) is 0 Å². The molecule has 1 aliphatic heterocycles. The van der Waals surface area contributed by atoms with Crippen molar-refractivity contribution in [1.82, 2.24) is 4.90 Å². The second-order valence-corrected chi connectivity index (χ2v) is 7.14. The van der Waals surface area contributed by atoms with Gasteiger partial charge in [0.25, 0.3) is 5.91 Å². The summed E-state index contributed by atoms with van der Waals surface area (Å²) in [4.78, 5) is 15.0. The second-order valence-electron chi connectivity index (χ2n) is 7.14. The van der Waals surface area contributed by atoms with E-state index in [0.29, 0.717) is 5.56 Å². The minimum atomic E-state index is -0.0513. The predicted octanol–water partition coefficient (Wildman–Crippen LogP) is 4.93. The molecule has 0 radical (unpaired) electrons. The average Bonchev–Trinajstić information content (AvgIpc) is 2.87. The van der Waals surface area contributed by atoms with Crippen LogP contribution in [0.25, 0.3) is 0 Å². The van der Waals surface area contributed by atoms with Gasteiger partial charge in [-0.15, -0.1) is 0 Å². The largest absolute Gasteiger partial charge is 0.322 e. The Morgan fingerprint density at radius 1 is 0.920 bits per heavy atom. The number of benzene rings is 2. The van der Waals surface area contributed by atoms with Crippen LogP contribution in [0.2, 0.25) is 0 Å². The van der Waals surface area contributed by atoms with E-state index >= 15 is 0 Å². The van der Waals surface area contributed by atoms with Crippen molar-refractivity contribution in [2.24, 2.45) is 0 Å². The van der Waals surface area contributed by atoms with Crippen LogP contribution >= 0.6 is 0 Å². The van der Waals surface area contributed by atoms with Crippen LogP contribution in [0.1, 0.15) is 52.7 Å². The molecule has 1 heterocycles. The molecule has 0 saturated carbocycles. The van der Waals surface area contributed by atoms with Crippen molar-refractivity contribution in [2.45, 2.75) is 46.1 Å². The summed E-state index contributed by atoms with van der Waals surface area (Å²) in [6.07, 6.45) is 5.31. The molecule has 1 fully saturated rings. The summed E-state index contributed by atoms with van der Waals surface area (Å²) in [6.45, 7) is 7.50.